The molecule has 1 aromatic carbocycles. The summed E-state index contributed by atoms with van der Waals surface area (Å²) in [5, 5.41) is 5.33. The molecule has 2 aliphatic heterocycles. The zero-order valence-electron chi connectivity index (χ0n) is 16.3. The van der Waals surface area contributed by atoms with Crippen LogP contribution in [-0.2, 0) is 0 Å². The lowest BCUT2D eigenvalue weighted by Gasteiger charge is -2.36. The van der Waals surface area contributed by atoms with Gasteiger partial charge in [-0.2, -0.15) is 0 Å². The SMILES string of the molecule is CC1CCN(C(CNC(=O)c2ccc(C3SCCS3)cc2)c2cccs2)CC1. The molecule has 1 unspecified atom stereocenters. The third kappa shape index (κ3) is 4.96. The van der Waals surface area contributed by atoms with Crippen LogP contribution >= 0.6 is 34.9 Å². The van der Waals surface area contributed by atoms with Gasteiger partial charge in [-0.05, 0) is 61.0 Å². The summed E-state index contributed by atoms with van der Waals surface area (Å²) in [7, 11) is 0. The third-order valence-corrected chi connectivity index (χ3v) is 9.73. The maximum atomic E-state index is 12.7. The van der Waals surface area contributed by atoms with Crippen LogP contribution < -0.4 is 5.32 Å². The highest BCUT2D eigenvalue weighted by Gasteiger charge is 2.26. The topological polar surface area (TPSA) is 32.3 Å². The molecule has 1 amide bonds. The molecule has 4 rings (SSSR count). The van der Waals surface area contributed by atoms with Crippen molar-refractivity contribution < 1.29 is 4.79 Å². The molecule has 0 aliphatic carbocycles. The first-order valence-corrected chi connectivity index (χ1v) is 13.1. The van der Waals surface area contributed by atoms with Gasteiger partial charge in [0.2, 0.25) is 0 Å². The van der Waals surface area contributed by atoms with Crippen LogP contribution in [-0.4, -0.2) is 41.9 Å². The fraction of sp³-hybridized carbons (Fsp3) is 0.500. The maximum absolute atomic E-state index is 12.7. The number of thiophene rings is 1. The average molecular weight is 433 g/mol. The van der Waals surface area contributed by atoms with Crippen LogP contribution in [0.2, 0.25) is 0 Å². The molecule has 28 heavy (non-hydrogen) atoms. The van der Waals surface area contributed by atoms with Gasteiger partial charge >= 0.3 is 0 Å². The number of nitrogens with one attached hydrogen (secondary N) is 1. The molecule has 2 aromatic rings. The lowest BCUT2D eigenvalue weighted by molar-refractivity contribution is 0.0915. The molecule has 3 heterocycles. The number of amides is 1. The minimum absolute atomic E-state index is 0.0326. The Bertz CT molecular complexity index is 749. The molecular formula is C22H28N2OS3. The number of thioether (sulfide) groups is 2. The van der Waals surface area contributed by atoms with Crippen LogP contribution in [0.4, 0.5) is 0 Å². The summed E-state index contributed by atoms with van der Waals surface area (Å²) < 4.78 is 0.529. The van der Waals surface area contributed by atoms with E-state index in [0.717, 1.165) is 24.6 Å². The van der Waals surface area contributed by atoms with Gasteiger partial charge < -0.3 is 5.32 Å². The van der Waals surface area contributed by atoms with Crippen molar-refractivity contribution in [1.82, 2.24) is 10.2 Å². The molecule has 1 atom stereocenters. The molecule has 0 spiro atoms. The Balaban J connectivity index is 1.38. The molecule has 150 valence electrons. The lowest BCUT2D eigenvalue weighted by Crippen LogP contribution is -2.41. The zero-order valence-corrected chi connectivity index (χ0v) is 18.8. The molecule has 0 saturated carbocycles. The van der Waals surface area contributed by atoms with Gasteiger partial charge in [0.1, 0.15) is 0 Å². The van der Waals surface area contributed by atoms with Crippen molar-refractivity contribution in [2.45, 2.75) is 30.4 Å². The van der Waals surface area contributed by atoms with E-state index in [1.807, 2.05) is 35.7 Å². The molecule has 1 aromatic heterocycles. The number of benzene rings is 1. The first-order valence-electron chi connectivity index (χ1n) is 10.1. The minimum atomic E-state index is 0.0326. The Kier molecular flexibility index (Phi) is 7.04. The monoisotopic (exact) mass is 432 g/mol. The van der Waals surface area contributed by atoms with Crippen molar-refractivity contribution in [2.24, 2.45) is 5.92 Å². The normalized spacial score (nSPS) is 20.3. The molecule has 1 N–H and O–H groups in total. The summed E-state index contributed by atoms with van der Waals surface area (Å²) in [4.78, 5) is 16.6. The van der Waals surface area contributed by atoms with Crippen LogP contribution in [0.3, 0.4) is 0 Å². The lowest BCUT2D eigenvalue weighted by atomic mass is 9.97. The van der Waals surface area contributed by atoms with Gasteiger partial charge in [-0.3, -0.25) is 9.69 Å². The van der Waals surface area contributed by atoms with Gasteiger partial charge in [0, 0.05) is 28.5 Å². The Morgan fingerprint density at radius 1 is 1.14 bits per heavy atom. The summed E-state index contributed by atoms with van der Waals surface area (Å²) in [6, 6.07) is 12.8. The second-order valence-electron chi connectivity index (χ2n) is 7.66. The molecule has 2 fully saturated rings. The Hall–Kier alpha value is -0.950. The number of rotatable bonds is 6. The Labute approximate surface area is 180 Å². The van der Waals surface area contributed by atoms with Crippen LogP contribution in [0.1, 0.15) is 51.2 Å². The largest absolute Gasteiger partial charge is 0.350 e. The van der Waals surface area contributed by atoms with E-state index in [2.05, 4.69) is 46.8 Å². The molecule has 0 radical (unpaired) electrons. The highest BCUT2D eigenvalue weighted by molar-refractivity contribution is 8.19. The number of nitrogens with zero attached hydrogens (tertiary/aromatic N) is 1. The Morgan fingerprint density at radius 2 is 1.86 bits per heavy atom. The Morgan fingerprint density at radius 3 is 2.50 bits per heavy atom. The van der Waals surface area contributed by atoms with E-state index in [4.69, 9.17) is 0 Å². The molecule has 0 bridgehead atoms. The number of carbonyl (C=O) groups excluding carboxylic acids is 1. The first-order chi connectivity index (χ1) is 13.7. The summed E-state index contributed by atoms with van der Waals surface area (Å²) >= 11 is 5.78. The highest BCUT2D eigenvalue weighted by Crippen LogP contribution is 2.45. The fourth-order valence-electron chi connectivity index (χ4n) is 3.86. The summed E-state index contributed by atoms with van der Waals surface area (Å²) in [6.45, 7) is 5.24. The molecule has 2 aliphatic rings. The van der Waals surface area contributed by atoms with E-state index in [1.54, 1.807) is 11.3 Å². The van der Waals surface area contributed by atoms with Crippen LogP contribution in [0.25, 0.3) is 0 Å². The van der Waals surface area contributed by atoms with Crippen molar-refractivity contribution in [3.05, 3.63) is 57.8 Å². The predicted octanol–water partition coefficient (Wildman–Crippen LogP) is 5.43. The van der Waals surface area contributed by atoms with E-state index >= 15 is 0 Å². The molecule has 2 saturated heterocycles. The number of likely N-dealkylation sites (tertiary alicyclic amines) is 1. The second-order valence-corrected chi connectivity index (χ2v) is 11.4. The fourth-order valence-corrected chi connectivity index (χ4v) is 7.58. The smallest absolute Gasteiger partial charge is 0.251 e. The molecular weight excluding hydrogens is 404 g/mol. The third-order valence-electron chi connectivity index (χ3n) is 5.65. The maximum Gasteiger partial charge on any atom is 0.251 e. The van der Waals surface area contributed by atoms with E-state index in [0.29, 0.717) is 11.1 Å². The van der Waals surface area contributed by atoms with Crippen molar-refractivity contribution in [3.63, 3.8) is 0 Å². The molecule has 6 heteroatoms. The van der Waals surface area contributed by atoms with Gasteiger partial charge in [0.15, 0.2) is 0 Å². The summed E-state index contributed by atoms with van der Waals surface area (Å²) in [5.41, 5.74) is 2.08. The van der Waals surface area contributed by atoms with E-state index in [9.17, 15) is 4.79 Å². The minimum Gasteiger partial charge on any atom is -0.350 e. The van der Waals surface area contributed by atoms with Crippen molar-refractivity contribution in [1.29, 1.82) is 0 Å². The number of hydrogen-bond acceptors (Lipinski definition) is 5. The van der Waals surface area contributed by atoms with Gasteiger partial charge in [-0.25, -0.2) is 0 Å². The van der Waals surface area contributed by atoms with Crippen molar-refractivity contribution >= 4 is 40.8 Å². The zero-order chi connectivity index (χ0) is 19.3. The number of piperidine rings is 1. The van der Waals surface area contributed by atoms with Gasteiger partial charge in [-0.1, -0.05) is 25.1 Å². The van der Waals surface area contributed by atoms with Gasteiger partial charge in [0.25, 0.3) is 5.91 Å². The highest BCUT2D eigenvalue weighted by atomic mass is 32.2. The van der Waals surface area contributed by atoms with Crippen molar-refractivity contribution in [2.75, 3.05) is 31.1 Å². The van der Waals surface area contributed by atoms with Gasteiger partial charge in [-0.15, -0.1) is 34.9 Å². The first kappa shape index (κ1) is 20.3. The van der Waals surface area contributed by atoms with Crippen LogP contribution in [0.15, 0.2) is 41.8 Å². The van der Waals surface area contributed by atoms with Crippen LogP contribution in [0.5, 0.6) is 0 Å². The number of carbonyl (C=O) groups is 1. The summed E-state index contributed by atoms with van der Waals surface area (Å²) in [6.07, 6.45) is 2.49. The average Bonchev–Trinajstić information content (AvgIpc) is 3.44. The van der Waals surface area contributed by atoms with E-state index in [-0.39, 0.29) is 11.9 Å². The molecule has 3 nitrogen and oxygen atoms in total. The number of hydrogen-bond donors (Lipinski definition) is 1. The van der Waals surface area contributed by atoms with E-state index in [1.165, 1.54) is 34.8 Å². The predicted molar refractivity (Wildman–Crippen MR) is 123 cm³/mol. The quantitative estimate of drug-likeness (QED) is 0.660. The second kappa shape index (κ2) is 9.70. The van der Waals surface area contributed by atoms with Crippen LogP contribution in [0, 0.1) is 5.92 Å². The standard InChI is InChI=1S/C22H28N2OS3/c1-16-8-10-24(11-9-16)19(20-3-2-12-26-20)15-23-21(25)17-4-6-18(7-5-17)22-27-13-14-28-22/h2-7,12,16,19,22H,8-11,13-15H2,1H3,(H,23,25). The summed E-state index contributed by atoms with van der Waals surface area (Å²) in [5.74, 6) is 3.28. The van der Waals surface area contributed by atoms with Gasteiger partial charge in [0.05, 0.1) is 10.6 Å². The van der Waals surface area contributed by atoms with E-state index < -0.39 is 0 Å². The van der Waals surface area contributed by atoms with Crippen molar-refractivity contribution in [3.8, 4) is 0 Å².